The Bertz CT molecular complexity index is 1050. The minimum atomic E-state index is -1.14. The molecule has 2 heterocycles. The van der Waals surface area contributed by atoms with Crippen molar-refractivity contribution in [3.8, 4) is 10.4 Å². The molecule has 0 bridgehead atoms. The van der Waals surface area contributed by atoms with Crippen molar-refractivity contribution >= 4 is 45.2 Å². The third-order valence-electron chi connectivity index (χ3n) is 4.29. The van der Waals surface area contributed by atoms with Gasteiger partial charge >= 0.3 is 5.97 Å². The Morgan fingerprint density at radius 2 is 1.80 bits per heavy atom. The first-order valence-electron chi connectivity index (χ1n) is 9.20. The SMILES string of the molecule is CN(CCC(=O)NCC(=O)NCC(=O)O)c1ncnc2sc(-c3ccccc3)cc12. The molecule has 9 nitrogen and oxygen atoms in total. The molecule has 30 heavy (non-hydrogen) atoms. The lowest BCUT2D eigenvalue weighted by atomic mass is 10.2. The smallest absolute Gasteiger partial charge is 0.322 e. The monoisotopic (exact) mass is 427 g/mol. The van der Waals surface area contributed by atoms with Gasteiger partial charge in [-0.3, -0.25) is 14.4 Å². The third-order valence-corrected chi connectivity index (χ3v) is 5.38. The fourth-order valence-corrected chi connectivity index (χ4v) is 3.77. The lowest BCUT2D eigenvalue weighted by Crippen LogP contribution is -2.39. The van der Waals surface area contributed by atoms with E-state index in [-0.39, 0.29) is 18.9 Å². The fourth-order valence-electron chi connectivity index (χ4n) is 2.77. The Balaban J connectivity index is 1.59. The molecule has 2 amide bonds. The van der Waals surface area contributed by atoms with Gasteiger partial charge in [0, 0.05) is 24.9 Å². The van der Waals surface area contributed by atoms with Crippen molar-refractivity contribution in [1.29, 1.82) is 0 Å². The summed E-state index contributed by atoms with van der Waals surface area (Å²) >= 11 is 1.58. The summed E-state index contributed by atoms with van der Waals surface area (Å²) < 4.78 is 0. The second kappa shape index (κ2) is 9.79. The minimum absolute atomic E-state index is 0.157. The van der Waals surface area contributed by atoms with Crippen LogP contribution in [0.2, 0.25) is 0 Å². The summed E-state index contributed by atoms with van der Waals surface area (Å²) in [6.07, 6.45) is 1.66. The van der Waals surface area contributed by atoms with Crippen LogP contribution >= 0.6 is 11.3 Å². The molecular weight excluding hydrogens is 406 g/mol. The van der Waals surface area contributed by atoms with Gasteiger partial charge in [-0.1, -0.05) is 30.3 Å². The number of carbonyl (C=O) groups is 3. The van der Waals surface area contributed by atoms with Crippen LogP contribution < -0.4 is 15.5 Å². The topological polar surface area (TPSA) is 125 Å². The number of nitrogens with one attached hydrogen (secondary N) is 2. The van der Waals surface area contributed by atoms with E-state index in [9.17, 15) is 14.4 Å². The number of nitrogens with zero attached hydrogens (tertiary/aromatic N) is 3. The standard InChI is InChI=1S/C20H21N5O4S/c1-25(8-7-16(26)21-10-17(27)22-11-18(28)29)19-14-9-15(13-5-3-2-4-6-13)30-20(14)24-12-23-19/h2-6,9,12H,7-8,10-11H2,1H3,(H,21,26)(H,22,27)(H,28,29). The minimum Gasteiger partial charge on any atom is -0.480 e. The number of hydrogen-bond donors (Lipinski definition) is 3. The van der Waals surface area contributed by atoms with E-state index < -0.39 is 18.4 Å². The zero-order chi connectivity index (χ0) is 21.5. The Morgan fingerprint density at radius 1 is 1.07 bits per heavy atom. The summed E-state index contributed by atoms with van der Waals surface area (Å²) in [5.41, 5.74) is 1.11. The maximum atomic E-state index is 12.0. The number of hydrogen-bond acceptors (Lipinski definition) is 7. The van der Waals surface area contributed by atoms with E-state index in [1.165, 1.54) is 6.33 Å². The highest BCUT2D eigenvalue weighted by atomic mass is 32.1. The number of amides is 2. The van der Waals surface area contributed by atoms with E-state index in [4.69, 9.17) is 5.11 Å². The molecule has 3 aromatic rings. The number of benzene rings is 1. The summed E-state index contributed by atoms with van der Waals surface area (Å²) in [7, 11) is 1.84. The van der Waals surface area contributed by atoms with E-state index in [1.807, 2.05) is 48.3 Å². The van der Waals surface area contributed by atoms with Gasteiger partial charge in [0.25, 0.3) is 0 Å². The molecule has 0 fully saturated rings. The summed E-state index contributed by atoms with van der Waals surface area (Å²) in [5, 5.41) is 14.1. The largest absolute Gasteiger partial charge is 0.480 e. The van der Waals surface area contributed by atoms with Crippen LogP contribution in [0.5, 0.6) is 0 Å². The molecule has 0 aliphatic carbocycles. The number of carbonyl (C=O) groups excluding carboxylic acids is 2. The van der Waals surface area contributed by atoms with Crippen LogP contribution in [0.3, 0.4) is 0 Å². The van der Waals surface area contributed by atoms with Crippen molar-refractivity contribution in [1.82, 2.24) is 20.6 Å². The molecular formula is C20H21N5O4S. The first-order chi connectivity index (χ1) is 14.4. The molecule has 0 radical (unpaired) electrons. The first kappa shape index (κ1) is 21.2. The molecule has 0 saturated heterocycles. The average molecular weight is 427 g/mol. The Labute approximate surface area is 176 Å². The number of aliphatic carboxylic acids is 1. The summed E-state index contributed by atoms with van der Waals surface area (Å²) in [5.74, 6) is -1.28. The number of carboxylic acids is 1. The lowest BCUT2D eigenvalue weighted by Gasteiger charge is -2.18. The van der Waals surface area contributed by atoms with Crippen molar-refractivity contribution < 1.29 is 19.5 Å². The summed E-state index contributed by atoms with van der Waals surface area (Å²) in [6, 6.07) is 12.1. The van der Waals surface area contributed by atoms with Gasteiger partial charge in [-0.05, 0) is 11.6 Å². The molecule has 0 unspecified atom stereocenters. The molecule has 0 spiro atoms. The van der Waals surface area contributed by atoms with Gasteiger partial charge < -0.3 is 20.6 Å². The molecule has 1 aromatic carbocycles. The Kier molecular flexibility index (Phi) is 6.91. The molecule has 0 atom stereocenters. The van der Waals surface area contributed by atoms with Gasteiger partial charge in [0.05, 0.1) is 11.9 Å². The highest BCUT2D eigenvalue weighted by molar-refractivity contribution is 7.21. The molecule has 10 heteroatoms. The highest BCUT2D eigenvalue weighted by Gasteiger charge is 2.14. The van der Waals surface area contributed by atoms with Gasteiger partial charge in [-0.15, -0.1) is 11.3 Å². The van der Waals surface area contributed by atoms with E-state index in [2.05, 4.69) is 20.6 Å². The molecule has 0 aliphatic heterocycles. The Morgan fingerprint density at radius 3 is 2.53 bits per heavy atom. The molecule has 156 valence electrons. The van der Waals surface area contributed by atoms with Gasteiger partial charge in [0.2, 0.25) is 11.8 Å². The maximum absolute atomic E-state index is 12.0. The summed E-state index contributed by atoms with van der Waals surface area (Å²) in [6.45, 7) is -0.351. The molecule has 3 rings (SSSR count). The zero-order valence-corrected chi connectivity index (χ0v) is 17.1. The normalized spacial score (nSPS) is 10.6. The molecule has 0 saturated carbocycles. The van der Waals surface area contributed by atoms with Crippen molar-refractivity contribution in [2.75, 3.05) is 31.6 Å². The van der Waals surface area contributed by atoms with E-state index >= 15 is 0 Å². The third kappa shape index (κ3) is 5.51. The average Bonchev–Trinajstić information content (AvgIpc) is 3.19. The van der Waals surface area contributed by atoms with Crippen LogP contribution in [-0.2, 0) is 14.4 Å². The van der Waals surface area contributed by atoms with Crippen LogP contribution in [-0.4, -0.2) is 59.5 Å². The van der Waals surface area contributed by atoms with Gasteiger partial charge in [-0.25, -0.2) is 9.97 Å². The van der Waals surface area contributed by atoms with Crippen molar-refractivity contribution in [2.45, 2.75) is 6.42 Å². The lowest BCUT2D eigenvalue weighted by molar-refractivity contribution is -0.137. The van der Waals surface area contributed by atoms with Gasteiger partial charge in [-0.2, -0.15) is 0 Å². The second-order valence-corrected chi connectivity index (χ2v) is 7.54. The molecule has 0 aliphatic rings. The quantitative estimate of drug-likeness (QED) is 0.473. The van der Waals surface area contributed by atoms with Gasteiger partial charge in [0.1, 0.15) is 23.5 Å². The fraction of sp³-hybridized carbons (Fsp3) is 0.250. The highest BCUT2D eigenvalue weighted by Crippen LogP contribution is 2.35. The number of rotatable bonds is 9. The number of aromatic nitrogens is 2. The van der Waals surface area contributed by atoms with Crippen LogP contribution in [0, 0.1) is 0 Å². The van der Waals surface area contributed by atoms with Crippen molar-refractivity contribution in [3.63, 3.8) is 0 Å². The predicted molar refractivity (Wildman–Crippen MR) is 114 cm³/mol. The zero-order valence-electron chi connectivity index (χ0n) is 16.3. The van der Waals surface area contributed by atoms with Gasteiger partial charge in [0.15, 0.2) is 0 Å². The second-order valence-electron chi connectivity index (χ2n) is 6.51. The number of carboxylic acid groups (broad SMARTS) is 1. The van der Waals surface area contributed by atoms with E-state index in [0.717, 1.165) is 26.5 Å². The van der Waals surface area contributed by atoms with Crippen molar-refractivity contribution in [2.24, 2.45) is 0 Å². The first-order valence-corrected chi connectivity index (χ1v) is 10.0. The number of fused-ring (bicyclic) bond motifs is 1. The van der Waals surface area contributed by atoms with Crippen LogP contribution in [0.1, 0.15) is 6.42 Å². The number of anilines is 1. The molecule has 2 aromatic heterocycles. The predicted octanol–water partition coefficient (Wildman–Crippen LogP) is 1.50. The van der Waals surface area contributed by atoms with E-state index in [0.29, 0.717) is 6.54 Å². The van der Waals surface area contributed by atoms with Crippen molar-refractivity contribution in [3.05, 3.63) is 42.7 Å². The Hall–Kier alpha value is -3.53. The van der Waals surface area contributed by atoms with E-state index in [1.54, 1.807) is 11.3 Å². The molecule has 3 N–H and O–H groups in total. The van der Waals surface area contributed by atoms with Crippen LogP contribution in [0.25, 0.3) is 20.7 Å². The van der Waals surface area contributed by atoms with Crippen LogP contribution in [0.4, 0.5) is 5.82 Å². The maximum Gasteiger partial charge on any atom is 0.322 e. The number of thiophene rings is 1. The summed E-state index contributed by atoms with van der Waals surface area (Å²) in [4.78, 5) is 46.4. The van der Waals surface area contributed by atoms with Crippen LogP contribution in [0.15, 0.2) is 42.7 Å².